The lowest BCUT2D eigenvalue weighted by molar-refractivity contribution is 0.0697. The third kappa shape index (κ3) is 1.47. The van der Waals surface area contributed by atoms with E-state index in [9.17, 15) is 4.79 Å². The van der Waals surface area contributed by atoms with Gasteiger partial charge in [-0.05, 0) is 12.1 Å². The molecule has 0 aliphatic rings. The van der Waals surface area contributed by atoms with Crippen LogP contribution in [0.1, 0.15) is 10.4 Å². The summed E-state index contributed by atoms with van der Waals surface area (Å²) in [6.45, 7) is 0. The van der Waals surface area contributed by atoms with E-state index in [4.69, 9.17) is 9.63 Å². The Morgan fingerprint density at radius 2 is 2.21 bits per heavy atom. The first kappa shape index (κ1) is 8.43. The zero-order chi connectivity index (χ0) is 9.97. The second-order valence-electron chi connectivity index (χ2n) is 2.61. The van der Waals surface area contributed by atoms with Gasteiger partial charge in [0.25, 0.3) is 0 Å². The van der Waals surface area contributed by atoms with Gasteiger partial charge in [-0.15, -0.1) is 0 Å². The van der Waals surface area contributed by atoms with Crippen molar-refractivity contribution in [3.63, 3.8) is 0 Å². The molecule has 0 amide bonds. The number of pyridine rings is 1. The Hall–Kier alpha value is -2.17. The molecule has 5 heteroatoms. The molecule has 0 fully saturated rings. The second-order valence-corrected chi connectivity index (χ2v) is 2.61. The lowest BCUT2D eigenvalue weighted by Crippen LogP contribution is -1.96. The first-order chi connectivity index (χ1) is 6.77. The molecule has 0 bridgehead atoms. The van der Waals surface area contributed by atoms with Crippen LogP contribution in [0.15, 0.2) is 35.1 Å². The third-order valence-electron chi connectivity index (χ3n) is 1.70. The van der Waals surface area contributed by atoms with Crippen LogP contribution in [0, 0.1) is 0 Å². The SMILES string of the molecule is O=C(O)c1ccnc(-c2ccno2)c1. The Balaban J connectivity index is 2.46. The average molecular weight is 190 g/mol. The highest BCUT2D eigenvalue weighted by atomic mass is 16.5. The Bertz CT molecular complexity index is 451. The van der Waals surface area contributed by atoms with Crippen molar-refractivity contribution in [2.24, 2.45) is 0 Å². The molecule has 2 aromatic heterocycles. The van der Waals surface area contributed by atoms with Crippen LogP contribution in [-0.4, -0.2) is 21.2 Å². The fourth-order valence-electron chi connectivity index (χ4n) is 1.05. The van der Waals surface area contributed by atoms with Gasteiger partial charge in [0.2, 0.25) is 0 Å². The van der Waals surface area contributed by atoms with Crippen molar-refractivity contribution in [3.05, 3.63) is 36.2 Å². The van der Waals surface area contributed by atoms with Crippen LogP contribution < -0.4 is 0 Å². The van der Waals surface area contributed by atoms with Crippen LogP contribution in [0.3, 0.4) is 0 Å². The van der Waals surface area contributed by atoms with Gasteiger partial charge in [-0.25, -0.2) is 4.79 Å². The lowest BCUT2D eigenvalue weighted by Gasteiger charge is -1.96. The maximum atomic E-state index is 10.6. The van der Waals surface area contributed by atoms with E-state index in [1.54, 1.807) is 6.07 Å². The summed E-state index contributed by atoms with van der Waals surface area (Å²) in [6, 6.07) is 4.47. The van der Waals surface area contributed by atoms with Gasteiger partial charge in [0.05, 0.1) is 11.8 Å². The number of rotatable bonds is 2. The quantitative estimate of drug-likeness (QED) is 0.775. The summed E-state index contributed by atoms with van der Waals surface area (Å²) in [5.74, 6) is -0.540. The van der Waals surface area contributed by atoms with E-state index < -0.39 is 5.97 Å². The molecule has 2 rings (SSSR count). The monoisotopic (exact) mass is 190 g/mol. The van der Waals surface area contributed by atoms with Crippen molar-refractivity contribution in [1.82, 2.24) is 10.1 Å². The standard InChI is InChI=1S/C9H6N2O3/c12-9(13)6-1-3-10-7(5-6)8-2-4-11-14-8/h1-5H,(H,12,13). The van der Waals surface area contributed by atoms with Gasteiger partial charge in [-0.3, -0.25) is 4.98 Å². The molecule has 0 atom stereocenters. The number of aromatic carboxylic acids is 1. The van der Waals surface area contributed by atoms with Crippen molar-refractivity contribution in [1.29, 1.82) is 0 Å². The van der Waals surface area contributed by atoms with Crippen LogP contribution >= 0.6 is 0 Å². The lowest BCUT2D eigenvalue weighted by atomic mass is 10.2. The molecule has 0 saturated heterocycles. The first-order valence-electron chi connectivity index (χ1n) is 3.88. The number of aromatic nitrogens is 2. The summed E-state index contributed by atoms with van der Waals surface area (Å²) in [6.07, 6.45) is 2.89. The smallest absolute Gasteiger partial charge is 0.335 e. The van der Waals surface area contributed by atoms with Crippen LogP contribution in [0.2, 0.25) is 0 Å². The zero-order valence-electron chi connectivity index (χ0n) is 7.04. The van der Waals surface area contributed by atoms with Crippen LogP contribution in [0.25, 0.3) is 11.5 Å². The van der Waals surface area contributed by atoms with E-state index >= 15 is 0 Å². The fourth-order valence-corrected chi connectivity index (χ4v) is 1.05. The highest BCUT2D eigenvalue weighted by Crippen LogP contribution is 2.16. The Morgan fingerprint density at radius 1 is 1.36 bits per heavy atom. The molecule has 70 valence electrons. The molecule has 2 aromatic rings. The van der Waals surface area contributed by atoms with E-state index in [-0.39, 0.29) is 5.56 Å². The van der Waals surface area contributed by atoms with Crippen LogP contribution in [0.5, 0.6) is 0 Å². The van der Waals surface area contributed by atoms with Gasteiger partial charge in [0.1, 0.15) is 5.69 Å². The van der Waals surface area contributed by atoms with Crippen molar-refractivity contribution >= 4 is 5.97 Å². The maximum absolute atomic E-state index is 10.6. The molecular weight excluding hydrogens is 184 g/mol. The van der Waals surface area contributed by atoms with E-state index in [0.717, 1.165) is 0 Å². The van der Waals surface area contributed by atoms with Gasteiger partial charge in [-0.2, -0.15) is 0 Å². The summed E-state index contributed by atoms with van der Waals surface area (Å²) in [5, 5.41) is 12.2. The van der Waals surface area contributed by atoms with Gasteiger partial charge in [0, 0.05) is 12.3 Å². The number of nitrogens with zero attached hydrogens (tertiary/aromatic N) is 2. The Kier molecular flexibility index (Phi) is 1.98. The summed E-state index contributed by atoms with van der Waals surface area (Å²) in [5.41, 5.74) is 0.633. The minimum Gasteiger partial charge on any atom is -0.478 e. The van der Waals surface area contributed by atoms with Crippen molar-refractivity contribution in [2.75, 3.05) is 0 Å². The van der Waals surface area contributed by atoms with Gasteiger partial charge in [0.15, 0.2) is 5.76 Å². The Labute approximate surface area is 79.0 Å². The average Bonchev–Trinajstić information content (AvgIpc) is 2.71. The zero-order valence-corrected chi connectivity index (χ0v) is 7.04. The molecular formula is C9H6N2O3. The van der Waals surface area contributed by atoms with E-state index in [2.05, 4.69) is 10.1 Å². The first-order valence-corrected chi connectivity index (χ1v) is 3.88. The molecule has 14 heavy (non-hydrogen) atoms. The number of carboxylic acid groups (broad SMARTS) is 1. The molecule has 0 aliphatic carbocycles. The van der Waals surface area contributed by atoms with Crippen molar-refractivity contribution in [3.8, 4) is 11.5 Å². The number of hydrogen-bond acceptors (Lipinski definition) is 4. The minimum atomic E-state index is -0.992. The van der Waals surface area contributed by atoms with Crippen LogP contribution in [-0.2, 0) is 0 Å². The van der Waals surface area contributed by atoms with E-state index in [1.807, 2.05) is 0 Å². The fraction of sp³-hybridized carbons (Fsp3) is 0. The number of hydrogen-bond donors (Lipinski definition) is 1. The molecule has 1 N–H and O–H groups in total. The molecule has 0 radical (unpaired) electrons. The predicted molar refractivity (Wildman–Crippen MR) is 46.7 cm³/mol. The van der Waals surface area contributed by atoms with Gasteiger partial charge < -0.3 is 9.63 Å². The highest BCUT2D eigenvalue weighted by molar-refractivity contribution is 5.88. The molecule has 2 heterocycles. The molecule has 0 aromatic carbocycles. The molecule has 5 nitrogen and oxygen atoms in total. The topological polar surface area (TPSA) is 76.2 Å². The summed E-state index contributed by atoms with van der Waals surface area (Å²) >= 11 is 0. The second kappa shape index (κ2) is 3.29. The normalized spacial score (nSPS) is 10.0. The van der Waals surface area contributed by atoms with Gasteiger partial charge in [-0.1, -0.05) is 5.16 Å². The molecule has 0 unspecified atom stereocenters. The molecule has 0 spiro atoms. The third-order valence-corrected chi connectivity index (χ3v) is 1.70. The van der Waals surface area contributed by atoms with Gasteiger partial charge >= 0.3 is 5.97 Å². The number of carboxylic acids is 1. The predicted octanol–water partition coefficient (Wildman–Crippen LogP) is 1.43. The van der Waals surface area contributed by atoms with E-state index in [0.29, 0.717) is 11.5 Å². The van der Waals surface area contributed by atoms with Crippen molar-refractivity contribution < 1.29 is 14.4 Å². The Morgan fingerprint density at radius 3 is 2.86 bits per heavy atom. The van der Waals surface area contributed by atoms with Crippen molar-refractivity contribution in [2.45, 2.75) is 0 Å². The highest BCUT2D eigenvalue weighted by Gasteiger charge is 2.07. The molecule has 0 saturated carbocycles. The summed E-state index contributed by atoms with van der Waals surface area (Å²) in [4.78, 5) is 14.6. The maximum Gasteiger partial charge on any atom is 0.335 e. The summed E-state index contributed by atoms with van der Waals surface area (Å²) < 4.78 is 4.85. The van der Waals surface area contributed by atoms with Crippen LogP contribution in [0.4, 0.5) is 0 Å². The molecule has 0 aliphatic heterocycles. The number of carbonyl (C=O) groups is 1. The minimum absolute atomic E-state index is 0.173. The van der Waals surface area contributed by atoms with E-state index in [1.165, 1.54) is 24.5 Å². The largest absolute Gasteiger partial charge is 0.478 e. The summed E-state index contributed by atoms with van der Waals surface area (Å²) in [7, 11) is 0.